The molecule has 0 bridgehead atoms. The Morgan fingerprint density at radius 2 is 1.78 bits per heavy atom. The van der Waals surface area contributed by atoms with E-state index in [1.54, 1.807) is 12.1 Å². The summed E-state index contributed by atoms with van der Waals surface area (Å²) in [5.41, 5.74) is -0.971. The van der Waals surface area contributed by atoms with Crippen LogP contribution >= 0.6 is 0 Å². The van der Waals surface area contributed by atoms with Gasteiger partial charge in [0.05, 0.1) is 32.0 Å². The second-order valence-electron chi connectivity index (χ2n) is 7.99. The molecular formula is C23H20F6N4O3. The van der Waals surface area contributed by atoms with Crippen LogP contribution in [0.1, 0.15) is 40.0 Å². The van der Waals surface area contributed by atoms with Crippen molar-refractivity contribution in [3.05, 3.63) is 65.4 Å². The first-order valence-corrected chi connectivity index (χ1v) is 10.5. The zero-order valence-corrected chi connectivity index (χ0v) is 18.9. The molecule has 1 aliphatic rings. The van der Waals surface area contributed by atoms with E-state index in [-0.39, 0.29) is 17.1 Å². The van der Waals surface area contributed by atoms with Gasteiger partial charge in [0.25, 0.3) is 5.91 Å². The van der Waals surface area contributed by atoms with Crippen molar-refractivity contribution in [2.45, 2.75) is 30.9 Å². The van der Waals surface area contributed by atoms with Crippen molar-refractivity contribution in [1.29, 1.82) is 0 Å². The molecule has 0 radical (unpaired) electrons. The topological polar surface area (TPSA) is 77.4 Å². The van der Waals surface area contributed by atoms with Gasteiger partial charge < -0.3 is 20.1 Å². The van der Waals surface area contributed by atoms with E-state index in [4.69, 9.17) is 9.47 Å². The number of fused-ring (bicyclic) bond motifs is 1. The number of hydrogen-bond acceptors (Lipinski definition) is 5. The summed E-state index contributed by atoms with van der Waals surface area (Å²) in [6.07, 6.45) is -8.80. The summed E-state index contributed by atoms with van der Waals surface area (Å²) in [7, 11) is 2.81. The Balaban J connectivity index is 1.68. The monoisotopic (exact) mass is 514 g/mol. The van der Waals surface area contributed by atoms with Crippen LogP contribution < -0.4 is 20.1 Å². The van der Waals surface area contributed by atoms with Gasteiger partial charge in [-0.25, -0.2) is 4.68 Å². The predicted octanol–water partition coefficient (Wildman–Crippen LogP) is 5.83. The Kier molecular flexibility index (Phi) is 6.50. The highest BCUT2D eigenvalue weighted by Crippen LogP contribution is 2.45. The van der Waals surface area contributed by atoms with Crippen LogP contribution in [0.3, 0.4) is 0 Å². The van der Waals surface area contributed by atoms with E-state index >= 15 is 0 Å². The number of aromatic nitrogens is 2. The van der Waals surface area contributed by atoms with Crippen molar-refractivity contribution in [2.75, 3.05) is 24.9 Å². The fraction of sp³-hybridized carbons (Fsp3) is 0.304. The number of nitrogens with one attached hydrogen (secondary N) is 2. The molecule has 1 aliphatic heterocycles. The molecule has 4 rings (SSSR count). The number of hydrogen-bond donors (Lipinski definition) is 2. The van der Waals surface area contributed by atoms with Gasteiger partial charge >= 0.3 is 12.4 Å². The van der Waals surface area contributed by atoms with E-state index in [0.29, 0.717) is 21.7 Å². The second kappa shape index (κ2) is 9.28. The Bertz CT molecular complexity index is 1270. The number of rotatable bonds is 5. The van der Waals surface area contributed by atoms with Crippen LogP contribution in [0.4, 0.5) is 37.8 Å². The van der Waals surface area contributed by atoms with Crippen LogP contribution in [0.2, 0.25) is 0 Å². The zero-order valence-electron chi connectivity index (χ0n) is 18.9. The van der Waals surface area contributed by atoms with Gasteiger partial charge in [0.15, 0.2) is 17.5 Å². The number of benzene rings is 2. The summed E-state index contributed by atoms with van der Waals surface area (Å²) in [4.78, 5) is 12.9. The fourth-order valence-electron chi connectivity index (χ4n) is 3.99. The number of carbonyl (C=O) groups excluding carboxylic acids is 1. The largest absolute Gasteiger partial charge is 0.493 e. The first-order valence-electron chi connectivity index (χ1n) is 10.5. The molecule has 1 amide bonds. The number of alkyl halides is 6. The van der Waals surface area contributed by atoms with E-state index in [1.807, 2.05) is 0 Å². The van der Waals surface area contributed by atoms with Crippen LogP contribution in [-0.2, 0) is 6.18 Å². The van der Waals surface area contributed by atoms with Gasteiger partial charge in [-0.15, -0.1) is 0 Å². The summed E-state index contributed by atoms with van der Waals surface area (Å²) >= 11 is 0. The van der Waals surface area contributed by atoms with Gasteiger partial charge in [-0.3, -0.25) is 4.79 Å². The Morgan fingerprint density at radius 3 is 2.42 bits per heavy atom. The van der Waals surface area contributed by atoms with Crippen LogP contribution in [-0.4, -0.2) is 36.1 Å². The van der Waals surface area contributed by atoms with Crippen LogP contribution in [0.5, 0.6) is 11.5 Å². The number of carbonyl (C=O) groups is 1. The lowest BCUT2D eigenvalue weighted by Crippen LogP contribution is -2.36. The normalized spacial score (nSPS) is 17.7. The minimum atomic E-state index is -4.69. The third kappa shape index (κ3) is 4.90. The molecule has 0 unspecified atom stereocenters. The van der Waals surface area contributed by atoms with Gasteiger partial charge in [0.2, 0.25) is 0 Å². The minimum absolute atomic E-state index is 0.172. The van der Waals surface area contributed by atoms with Crippen LogP contribution in [0.15, 0.2) is 48.7 Å². The van der Waals surface area contributed by atoms with E-state index in [1.165, 1.54) is 26.4 Å². The molecule has 0 spiro atoms. The van der Waals surface area contributed by atoms with Gasteiger partial charge in [0.1, 0.15) is 11.4 Å². The second-order valence-corrected chi connectivity index (χ2v) is 7.99. The molecule has 7 nitrogen and oxygen atoms in total. The Labute approximate surface area is 201 Å². The molecule has 0 fully saturated rings. The summed E-state index contributed by atoms with van der Waals surface area (Å²) < 4.78 is 91.9. The lowest BCUT2D eigenvalue weighted by molar-refractivity contribution is -0.173. The maximum absolute atomic E-state index is 13.9. The molecule has 0 aliphatic carbocycles. The van der Waals surface area contributed by atoms with Crippen molar-refractivity contribution in [1.82, 2.24) is 9.78 Å². The molecule has 13 heteroatoms. The summed E-state index contributed by atoms with van der Waals surface area (Å²) in [6.45, 7) is 0. The summed E-state index contributed by atoms with van der Waals surface area (Å²) in [5, 5.41) is 8.98. The summed E-state index contributed by atoms with van der Waals surface area (Å²) in [6, 6.07) is 5.61. The highest BCUT2D eigenvalue weighted by molar-refractivity contribution is 6.07. The van der Waals surface area contributed by atoms with E-state index in [2.05, 4.69) is 15.7 Å². The molecule has 2 aromatic carbocycles. The number of amides is 1. The van der Waals surface area contributed by atoms with Crippen molar-refractivity contribution in [3.8, 4) is 11.5 Å². The maximum atomic E-state index is 13.9. The first kappa shape index (κ1) is 25.2. The fourth-order valence-corrected chi connectivity index (χ4v) is 3.99. The molecule has 2 heterocycles. The van der Waals surface area contributed by atoms with Gasteiger partial charge in [-0.2, -0.15) is 31.4 Å². The SMILES string of the molecule is COc1ccc([C@H]2C[C@H](C(F)(F)F)n3ncc(C(=O)Nc4cccc(C(F)(F)F)c4)c3N2)cc1OC. The molecule has 1 aromatic heterocycles. The Morgan fingerprint density at radius 1 is 1.06 bits per heavy atom. The lowest BCUT2D eigenvalue weighted by Gasteiger charge is -2.34. The van der Waals surface area contributed by atoms with E-state index < -0.39 is 42.3 Å². The number of methoxy groups -OCH3 is 2. The minimum Gasteiger partial charge on any atom is -0.493 e. The number of ether oxygens (including phenoxy) is 2. The zero-order chi connectivity index (χ0) is 26.3. The highest BCUT2D eigenvalue weighted by atomic mass is 19.4. The third-order valence-electron chi connectivity index (χ3n) is 5.74. The van der Waals surface area contributed by atoms with E-state index in [9.17, 15) is 31.1 Å². The van der Waals surface area contributed by atoms with Crippen molar-refractivity contribution >= 4 is 17.4 Å². The molecule has 2 atom stereocenters. The summed E-state index contributed by atoms with van der Waals surface area (Å²) in [5.74, 6) is -0.442. The van der Waals surface area contributed by atoms with Gasteiger partial charge in [-0.05, 0) is 35.9 Å². The molecule has 192 valence electrons. The quantitative estimate of drug-likeness (QED) is 0.419. The van der Waals surface area contributed by atoms with Gasteiger partial charge in [0, 0.05) is 12.1 Å². The van der Waals surface area contributed by atoms with Crippen molar-refractivity contribution in [3.63, 3.8) is 0 Å². The predicted molar refractivity (Wildman–Crippen MR) is 117 cm³/mol. The highest BCUT2D eigenvalue weighted by Gasteiger charge is 2.47. The number of nitrogens with zero attached hydrogens (tertiary/aromatic N) is 2. The van der Waals surface area contributed by atoms with Gasteiger partial charge in [-0.1, -0.05) is 12.1 Å². The number of anilines is 2. The third-order valence-corrected chi connectivity index (χ3v) is 5.74. The van der Waals surface area contributed by atoms with Crippen molar-refractivity contribution < 1.29 is 40.6 Å². The maximum Gasteiger partial charge on any atom is 0.416 e. The Hall–Kier alpha value is -3.90. The van der Waals surface area contributed by atoms with Crippen LogP contribution in [0, 0.1) is 0 Å². The molecule has 36 heavy (non-hydrogen) atoms. The average Bonchev–Trinajstić information content (AvgIpc) is 3.26. The molecular weight excluding hydrogens is 494 g/mol. The molecule has 0 saturated carbocycles. The standard InChI is InChI=1S/C23H20F6N4O3/c1-35-17-7-6-12(8-18(17)36-2)16-10-19(23(27,28)29)33-20(32-16)15(11-30-33)21(34)31-14-5-3-4-13(9-14)22(24,25)26/h3-9,11,16,19,32H,10H2,1-2H3,(H,31,34)/t16-,19-/m1/s1. The molecule has 2 N–H and O–H groups in total. The lowest BCUT2D eigenvalue weighted by atomic mass is 9.96. The van der Waals surface area contributed by atoms with E-state index in [0.717, 1.165) is 24.4 Å². The van der Waals surface area contributed by atoms with Crippen molar-refractivity contribution in [2.24, 2.45) is 0 Å². The average molecular weight is 514 g/mol. The van der Waals surface area contributed by atoms with Crippen LogP contribution in [0.25, 0.3) is 0 Å². The number of halogens is 6. The molecule has 0 saturated heterocycles. The first-order chi connectivity index (χ1) is 16.9. The smallest absolute Gasteiger partial charge is 0.416 e. The molecule has 3 aromatic rings.